The van der Waals surface area contributed by atoms with Crippen molar-refractivity contribution < 1.29 is 9.90 Å². The molecule has 1 aromatic heterocycles. The minimum absolute atomic E-state index is 0.252. The molecule has 4 heteroatoms. The average molecular weight is 166 g/mol. The van der Waals surface area contributed by atoms with Crippen molar-refractivity contribution in [2.45, 2.75) is 19.4 Å². The lowest BCUT2D eigenvalue weighted by Crippen LogP contribution is -2.26. The molecule has 2 heterocycles. The summed E-state index contributed by atoms with van der Waals surface area (Å²) in [5.74, 6) is -0.964. The molecule has 1 unspecified atom stereocenters. The minimum atomic E-state index is -0.712. The van der Waals surface area contributed by atoms with Crippen LogP contribution in [0, 0.1) is 5.92 Å². The molecule has 0 spiro atoms. The van der Waals surface area contributed by atoms with Gasteiger partial charge < -0.3 is 5.11 Å². The van der Waals surface area contributed by atoms with Crippen LogP contribution >= 0.6 is 0 Å². The second-order valence-corrected chi connectivity index (χ2v) is 3.08. The Morgan fingerprint density at radius 3 is 3.33 bits per heavy atom. The number of hydrogen-bond donors (Lipinski definition) is 1. The Morgan fingerprint density at radius 2 is 2.58 bits per heavy atom. The summed E-state index contributed by atoms with van der Waals surface area (Å²) in [7, 11) is 0. The highest BCUT2D eigenvalue weighted by Gasteiger charge is 2.23. The maximum absolute atomic E-state index is 10.6. The number of aryl methyl sites for hydroxylation is 1. The summed E-state index contributed by atoms with van der Waals surface area (Å²) in [5, 5.41) is 12.8. The molecule has 1 aromatic rings. The standard InChI is InChI=1S/C8H10N2O2/c11-8(12)6-1-2-7-3-4-9-10(7)5-6/h3-4,6H,1-2,5H2,(H,11,12). The number of hydrogen-bond acceptors (Lipinski definition) is 2. The van der Waals surface area contributed by atoms with E-state index in [-0.39, 0.29) is 5.92 Å². The van der Waals surface area contributed by atoms with Gasteiger partial charge in [0.1, 0.15) is 0 Å². The van der Waals surface area contributed by atoms with Crippen LogP contribution in [0.3, 0.4) is 0 Å². The van der Waals surface area contributed by atoms with Crippen molar-refractivity contribution >= 4 is 5.97 Å². The number of rotatable bonds is 1. The van der Waals surface area contributed by atoms with E-state index in [4.69, 9.17) is 5.11 Å². The van der Waals surface area contributed by atoms with Gasteiger partial charge in [0.05, 0.1) is 12.5 Å². The average Bonchev–Trinajstić information content (AvgIpc) is 2.49. The Morgan fingerprint density at radius 1 is 1.75 bits per heavy atom. The molecular weight excluding hydrogens is 156 g/mol. The highest BCUT2D eigenvalue weighted by molar-refractivity contribution is 5.70. The van der Waals surface area contributed by atoms with Crippen molar-refractivity contribution in [2.75, 3.05) is 0 Å². The van der Waals surface area contributed by atoms with E-state index in [0.717, 1.165) is 18.5 Å². The first-order valence-corrected chi connectivity index (χ1v) is 4.01. The summed E-state index contributed by atoms with van der Waals surface area (Å²) >= 11 is 0. The lowest BCUT2D eigenvalue weighted by atomic mass is 9.99. The number of carbonyl (C=O) groups is 1. The largest absolute Gasteiger partial charge is 0.481 e. The fraction of sp³-hybridized carbons (Fsp3) is 0.500. The third-order valence-electron chi connectivity index (χ3n) is 2.30. The van der Waals surface area contributed by atoms with E-state index in [2.05, 4.69) is 5.10 Å². The van der Waals surface area contributed by atoms with Crippen LogP contribution in [0.2, 0.25) is 0 Å². The van der Waals surface area contributed by atoms with Gasteiger partial charge in [-0.25, -0.2) is 0 Å². The number of carboxylic acid groups (broad SMARTS) is 1. The Hall–Kier alpha value is -1.32. The molecule has 0 aliphatic carbocycles. The van der Waals surface area contributed by atoms with Crippen LogP contribution in [0.15, 0.2) is 12.3 Å². The topological polar surface area (TPSA) is 55.1 Å². The summed E-state index contributed by atoms with van der Waals surface area (Å²) in [4.78, 5) is 10.6. The maximum atomic E-state index is 10.6. The monoisotopic (exact) mass is 166 g/mol. The normalized spacial score (nSPS) is 21.8. The van der Waals surface area contributed by atoms with Crippen molar-refractivity contribution in [3.63, 3.8) is 0 Å². The summed E-state index contributed by atoms with van der Waals surface area (Å²) in [5.41, 5.74) is 1.15. The second kappa shape index (κ2) is 2.62. The molecule has 1 aliphatic heterocycles. The van der Waals surface area contributed by atoms with Crippen LogP contribution in [0.1, 0.15) is 12.1 Å². The van der Waals surface area contributed by atoms with Crippen LogP contribution in [-0.4, -0.2) is 20.9 Å². The molecule has 1 N–H and O–H groups in total. The molecule has 0 amide bonds. The summed E-state index contributed by atoms with van der Waals surface area (Å²) in [6.45, 7) is 0.525. The predicted octanol–water partition coefficient (Wildman–Crippen LogP) is 0.530. The summed E-state index contributed by atoms with van der Waals surface area (Å²) < 4.78 is 1.78. The third kappa shape index (κ3) is 1.09. The molecule has 0 saturated carbocycles. The van der Waals surface area contributed by atoms with Crippen molar-refractivity contribution in [3.05, 3.63) is 18.0 Å². The maximum Gasteiger partial charge on any atom is 0.308 e. The summed E-state index contributed by atoms with van der Waals surface area (Å²) in [6.07, 6.45) is 3.29. The van der Waals surface area contributed by atoms with Gasteiger partial charge in [0.15, 0.2) is 0 Å². The fourth-order valence-electron chi connectivity index (χ4n) is 1.56. The van der Waals surface area contributed by atoms with Gasteiger partial charge in [-0.1, -0.05) is 0 Å². The Kier molecular flexibility index (Phi) is 1.60. The molecule has 12 heavy (non-hydrogen) atoms. The molecule has 1 atom stereocenters. The third-order valence-corrected chi connectivity index (χ3v) is 2.30. The van der Waals surface area contributed by atoms with Gasteiger partial charge in [-0.15, -0.1) is 0 Å². The van der Waals surface area contributed by atoms with Crippen molar-refractivity contribution in [1.29, 1.82) is 0 Å². The van der Waals surface area contributed by atoms with Crippen LogP contribution < -0.4 is 0 Å². The van der Waals surface area contributed by atoms with Crippen molar-refractivity contribution in [1.82, 2.24) is 9.78 Å². The Balaban J connectivity index is 2.20. The predicted molar refractivity (Wildman–Crippen MR) is 41.7 cm³/mol. The molecule has 1 aliphatic rings. The Bertz CT molecular complexity index is 306. The number of fused-ring (bicyclic) bond motifs is 1. The molecule has 4 nitrogen and oxygen atoms in total. The second-order valence-electron chi connectivity index (χ2n) is 3.08. The zero-order valence-corrected chi connectivity index (χ0v) is 6.60. The molecular formula is C8H10N2O2. The molecule has 0 radical (unpaired) electrons. The first-order valence-electron chi connectivity index (χ1n) is 4.01. The molecule has 0 saturated heterocycles. The lowest BCUT2D eigenvalue weighted by Gasteiger charge is -2.19. The minimum Gasteiger partial charge on any atom is -0.481 e. The van der Waals surface area contributed by atoms with Crippen LogP contribution in [0.5, 0.6) is 0 Å². The van der Waals surface area contributed by atoms with E-state index < -0.39 is 5.97 Å². The van der Waals surface area contributed by atoms with Gasteiger partial charge in [-0.2, -0.15) is 5.10 Å². The first-order chi connectivity index (χ1) is 5.77. The van der Waals surface area contributed by atoms with E-state index in [9.17, 15) is 4.79 Å². The van der Waals surface area contributed by atoms with E-state index in [1.54, 1.807) is 10.9 Å². The zero-order chi connectivity index (χ0) is 8.55. The number of aliphatic carboxylic acids is 1. The van der Waals surface area contributed by atoms with E-state index >= 15 is 0 Å². The van der Waals surface area contributed by atoms with Gasteiger partial charge in [0.25, 0.3) is 0 Å². The van der Waals surface area contributed by atoms with E-state index in [1.165, 1.54) is 0 Å². The van der Waals surface area contributed by atoms with Crippen LogP contribution in [0.25, 0.3) is 0 Å². The van der Waals surface area contributed by atoms with Crippen molar-refractivity contribution in [2.24, 2.45) is 5.92 Å². The van der Waals surface area contributed by atoms with Gasteiger partial charge in [0.2, 0.25) is 0 Å². The van der Waals surface area contributed by atoms with Gasteiger partial charge >= 0.3 is 5.97 Å². The van der Waals surface area contributed by atoms with E-state index in [1.807, 2.05) is 6.07 Å². The fourth-order valence-corrected chi connectivity index (χ4v) is 1.56. The smallest absolute Gasteiger partial charge is 0.308 e. The quantitative estimate of drug-likeness (QED) is 0.662. The van der Waals surface area contributed by atoms with Crippen LogP contribution in [-0.2, 0) is 17.8 Å². The molecule has 0 aromatic carbocycles. The first kappa shape index (κ1) is 7.34. The summed E-state index contributed by atoms with van der Waals surface area (Å²) in [6, 6.07) is 1.94. The van der Waals surface area contributed by atoms with E-state index in [0.29, 0.717) is 6.54 Å². The molecule has 2 rings (SSSR count). The van der Waals surface area contributed by atoms with Crippen molar-refractivity contribution in [3.8, 4) is 0 Å². The molecule has 0 fully saturated rings. The number of aromatic nitrogens is 2. The van der Waals surface area contributed by atoms with Gasteiger partial charge in [0, 0.05) is 11.9 Å². The number of carboxylic acids is 1. The van der Waals surface area contributed by atoms with Crippen LogP contribution in [0.4, 0.5) is 0 Å². The molecule has 0 bridgehead atoms. The molecule has 64 valence electrons. The highest BCUT2D eigenvalue weighted by Crippen LogP contribution is 2.18. The lowest BCUT2D eigenvalue weighted by molar-refractivity contribution is -0.142. The SMILES string of the molecule is O=C(O)C1CCc2ccnn2C1. The highest BCUT2D eigenvalue weighted by atomic mass is 16.4. The van der Waals surface area contributed by atoms with Gasteiger partial charge in [-0.3, -0.25) is 9.48 Å². The zero-order valence-electron chi connectivity index (χ0n) is 6.60. The number of nitrogens with zero attached hydrogens (tertiary/aromatic N) is 2. The van der Waals surface area contributed by atoms with Gasteiger partial charge in [-0.05, 0) is 18.9 Å². The Labute approximate surface area is 69.8 Å².